The van der Waals surface area contributed by atoms with Crippen molar-refractivity contribution in [3.8, 4) is 0 Å². The van der Waals surface area contributed by atoms with Crippen LogP contribution in [0.1, 0.15) is 49.7 Å². The zero-order valence-electron chi connectivity index (χ0n) is 16.1. The molecule has 1 N–H and O–H groups in total. The summed E-state index contributed by atoms with van der Waals surface area (Å²) in [6, 6.07) is 8.06. The number of nitrogens with one attached hydrogen (secondary N) is 1. The second-order valence-electron chi connectivity index (χ2n) is 7.64. The van der Waals surface area contributed by atoms with Crippen molar-refractivity contribution in [2.75, 3.05) is 19.6 Å². The number of aryl methyl sites for hydroxylation is 1. The van der Waals surface area contributed by atoms with Crippen LogP contribution in [0.15, 0.2) is 24.3 Å². The molecule has 0 unspecified atom stereocenters. The Morgan fingerprint density at radius 2 is 1.63 bits per heavy atom. The Morgan fingerprint density at radius 1 is 1.00 bits per heavy atom. The molecule has 146 valence electrons. The fraction of sp³-hybridized carbons (Fsp3) is 0.571. The number of piperazine rings is 1. The molecule has 6 nitrogen and oxygen atoms in total. The van der Waals surface area contributed by atoms with E-state index in [1.807, 2.05) is 31.2 Å². The minimum Gasteiger partial charge on any atom is -0.352 e. The predicted octanol–water partition coefficient (Wildman–Crippen LogP) is 2.00. The van der Waals surface area contributed by atoms with Crippen LogP contribution in [-0.2, 0) is 20.9 Å². The van der Waals surface area contributed by atoms with Gasteiger partial charge in [-0.3, -0.25) is 14.4 Å². The second kappa shape index (κ2) is 9.02. The Hall–Kier alpha value is -2.37. The van der Waals surface area contributed by atoms with Crippen LogP contribution in [0.2, 0.25) is 0 Å². The number of hydrogen-bond donors (Lipinski definition) is 1. The number of carbonyl (C=O) groups is 3. The summed E-state index contributed by atoms with van der Waals surface area (Å²) >= 11 is 0. The van der Waals surface area contributed by atoms with E-state index in [2.05, 4.69) is 5.32 Å². The third-order valence-electron chi connectivity index (χ3n) is 5.57. The van der Waals surface area contributed by atoms with E-state index in [1.54, 1.807) is 4.90 Å². The van der Waals surface area contributed by atoms with Crippen molar-refractivity contribution < 1.29 is 14.4 Å². The standard InChI is InChI=1S/C21H29N3O3/c1-16-8-6-7-9-17(16)14-23-12-13-24(21(27)20(23)26)15-19(25)22-18-10-4-2-3-5-11-18/h6-9,18H,2-5,10-15H2,1H3,(H,22,25). The second-order valence-corrected chi connectivity index (χ2v) is 7.64. The smallest absolute Gasteiger partial charge is 0.312 e. The first-order chi connectivity index (χ1) is 13.0. The number of carbonyl (C=O) groups excluding carboxylic acids is 3. The van der Waals surface area contributed by atoms with E-state index in [4.69, 9.17) is 0 Å². The largest absolute Gasteiger partial charge is 0.352 e. The van der Waals surface area contributed by atoms with Crippen molar-refractivity contribution in [3.05, 3.63) is 35.4 Å². The molecule has 1 heterocycles. The van der Waals surface area contributed by atoms with Gasteiger partial charge < -0.3 is 15.1 Å². The van der Waals surface area contributed by atoms with Crippen molar-refractivity contribution in [1.82, 2.24) is 15.1 Å². The maximum Gasteiger partial charge on any atom is 0.312 e. The molecule has 0 spiro atoms. The number of nitrogens with zero attached hydrogens (tertiary/aromatic N) is 2. The van der Waals surface area contributed by atoms with Gasteiger partial charge in [0, 0.05) is 25.7 Å². The minimum atomic E-state index is -0.578. The van der Waals surface area contributed by atoms with Gasteiger partial charge in [-0.1, -0.05) is 49.9 Å². The molecule has 6 heteroatoms. The highest BCUT2D eigenvalue weighted by Gasteiger charge is 2.33. The maximum atomic E-state index is 12.5. The molecule has 3 rings (SSSR count). The van der Waals surface area contributed by atoms with E-state index in [9.17, 15) is 14.4 Å². The molecule has 1 saturated carbocycles. The van der Waals surface area contributed by atoms with Gasteiger partial charge in [0.25, 0.3) is 0 Å². The van der Waals surface area contributed by atoms with Gasteiger partial charge in [0.1, 0.15) is 6.54 Å². The van der Waals surface area contributed by atoms with Gasteiger partial charge >= 0.3 is 11.8 Å². The van der Waals surface area contributed by atoms with Crippen molar-refractivity contribution in [3.63, 3.8) is 0 Å². The van der Waals surface area contributed by atoms with Gasteiger partial charge in [0.15, 0.2) is 0 Å². The topological polar surface area (TPSA) is 69.7 Å². The SMILES string of the molecule is Cc1ccccc1CN1CCN(CC(=O)NC2CCCCCC2)C(=O)C1=O. The van der Waals surface area contributed by atoms with E-state index in [0.717, 1.165) is 36.8 Å². The highest BCUT2D eigenvalue weighted by atomic mass is 16.2. The monoisotopic (exact) mass is 371 g/mol. The summed E-state index contributed by atoms with van der Waals surface area (Å²) in [6.07, 6.45) is 6.73. The zero-order valence-corrected chi connectivity index (χ0v) is 16.1. The van der Waals surface area contributed by atoms with Crippen LogP contribution in [0.3, 0.4) is 0 Å². The van der Waals surface area contributed by atoms with Crippen LogP contribution in [-0.4, -0.2) is 53.2 Å². The lowest BCUT2D eigenvalue weighted by molar-refractivity contribution is -0.157. The van der Waals surface area contributed by atoms with Crippen LogP contribution in [0, 0.1) is 6.92 Å². The summed E-state index contributed by atoms with van der Waals surface area (Å²) in [6.45, 7) is 3.25. The maximum absolute atomic E-state index is 12.5. The molecule has 27 heavy (non-hydrogen) atoms. The molecule has 0 atom stereocenters. The fourth-order valence-corrected chi connectivity index (χ4v) is 3.88. The summed E-state index contributed by atoms with van der Waals surface area (Å²) in [5.74, 6) is -1.26. The molecule has 3 amide bonds. The number of benzene rings is 1. The van der Waals surface area contributed by atoms with E-state index in [-0.39, 0.29) is 18.5 Å². The molecule has 0 aromatic heterocycles. The Morgan fingerprint density at radius 3 is 2.33 bits per heavy atom. The van der Waals surface area contributed by atoms with Gasteiger partial charge in [-0.15, -0.1) is 0 Å². The predicted molar refractivity (Wildman–Crippen MR) is 103 cm³/mol. The third-order valence-corrected chi connectivity index (χ3v) is 5.57. The summed E-state index contributed by atoms with van der Waals surface area (Å²) in [5.41, 5.74) is 2.14. The first kappa shape index (κ1) is 19.4. The molecule has 0 bridgehead atoms. The lowest BCUT2D eigenvalue weighted by Crippen LogP contribution is -2.56. The number of hydrogen-bond acceptors (Lipinski definition) is 3. The van der Waals surface area contributed by atoms with Gasteiger partial charge in [-0.2, -0.15) is 0 Å². The lowest BCUT2D eigenvalue weighted by atomic mass is 10.1. The van der Waals surface area contributed by atoms with Gasteiger partial charge in [0.05, 0.1) is 0 Å². The molecule has 1 aromatic carbocycles. The Balaban J connectivity index is 1.52. The van der Waals surface area contributed by atoms with Gasteiger partial charge in [-0.05, 0) is 30.9 Å². The van der Waals surface area contributed by atoms with Crippen molar-refractivity contribution in [2.45, 2.75) is 58.0 Å². The fourth-order valence-electron chi connectivity index (χ4n) is 3.88. The third kappa shape index (κ3) is 5.08. The number of rotatable bonds is 5. The molecule has 0 radical (unpaired) electrons. The molecule has 1 saturated heterocycles. The first-order valence-electron chi connectivity index (χ1n) is 9.96. The van der Waals surface area contributed by atoms with Crippen LogP contribution >= 0.6 is 0 Å². The summed E-state index contributed by atoms with van der Waals surface area (Å²) in [4.78, 5) is 40.2. The van der Waals surface area contributed by atoms with Gasteiger partial charge in [0.2, 0.25) is 5.91 Å². The summed E-state index contributed by atoms with van der Waals surface area (Å²) in [5, 5.41) is 3.04. The molecule has 1 aromatic rings. The molecule has 2 aliphatic rings. The van der Waals surface area contributed by atoms with E-state index in [0.29, 0.717) is 19.6 Å². The molecule has 1 aliphatic heterocycles. The van der Waals surface area contributed by atoms with E-state index >= 15 is 0 Å². The zero-order chi connectivity index (χ0) is 19.2. The highest BCUT2D eigenvalue weighted by Crippen LogP contribution is 2.17. The van der Waals surface area contributed by atoms with E-state index < -0.39 is 11.8 Å². The number of amides is 3. The normalized spacial score (nSPS) is 19.1. The summed E-state index contributed by atoms with van der Waals surface area (Å²) < 4.78 is 0. The Bertz CT molecular complexity index is 696. The molecular formula is C21H29N3O3. The Kier molecular flexibility index (Phi) is 6.48. The van der Waals surface area contributed by atoms with Gasteiger partial charge in [-0.25, -0.2) is 0 Å². The van der Waals surface area contributed by atoms with Crippen molar-refractivity contribution in [2.24, 2.45) is 0 Å². The van der Waals surface area contributed by atoms with Crippen LogP contribution < -0.4 is 5.32 Å². The van der Waals surface area contributed by atoms with Crippen LogP contribution in [0.4, 0.5) is 0 Å². The summed E-state index contributed by atoms with van der Waals surface area (Å²) in [7, 11) is 0. The Labute approximate surface area is 160 Å². The van der Waals surface area contributed by atoms with Crippen molar-refractivity contribution in [1.29, 1.82) is 0 Å². The molecule has 2 fully saturated rings. The molecule has 1 aliphatic carbocycles. The van der Waals surface area contributed by atoms with Crippen LogP contribution in [0.5, 0.6) is 0 Å². The lowest BCUT2D eigenvalue weighted by Gasteiger charge is -2.34. The van der Waals surface area contributed by atoms with E-state index in [1.165, 1.54) is 17.7 Å². The first-order valence-corrected chi connectivity index (χ1v) is 9.96. The average molecular weight is 371 g/mol. The average Bonchev–Trinajstić information content (AvgIpc) is 2.91. The minimum absolute atomic E-state index is 0.0285. The van der Waals surface area contributed by atoms with Crippen molar-refractivity contribution >= 4 is 17.7 Å². The van der Waals surface area contributed by atoms with Crippen LogP contribution in [0.25, 0.3) is 0 Å². The highest BCUT2D eigenvalue weighted by molar-refractivity contribution is 6.35. The molecular weight excluding hydrogens is 342 g/mol. The quantitative estimate of drug-likeness (QED) is 0.636.